The Bertz CT molecular complexity index is 479. The smallest absolute Gasteiger partial charge is 0.190 e. The zero-order chi connectivity index (χ0) is 10.8. The molecule has 0 saturated heterocycles. The Balaban J connectivity index is 2.49. The maximum absolute atomic E-state index is 5.84. The van der Waals surface area contributed by atoms with E-state index in [-0.39, 0.29) is 0 Å². The van der Waals surface area contributed by atoms with Gasteiger partial charge in [-0.05, 0) is 18.6 Å². The summed E-state index contributed by atoms with van der Waals surface area (Å²) >= 11 is 5.75. The minimum atomic E-state index is 0.473. The Hall–Kier alpha value is -1.48. The number of anilines is 1. The molecule has 0 aliphatic heterocycles. The molecule has 0 radical (unpaired) electrons. The quantitative estimate of drug-likeness (QED) is 0.795. The van der Waals surface area contributed by atoms with Gasteiger partial charge in [-0.15, -0.1) is 11.6 Å². The SMILES string of the molecule is Cc1noc(-c2cccc(CCl)c2)c1N. The normalized spacial score (nSPS) is 10.5. The van der Waals surface area contributed by atoms with Crippen LogP contribution in [0.3, 0.4) is 0 Å². The summed E-state index contributed by atoms with van der Waals surface area (Å²) in [5.74, 6) is 1.08. The number of benzene rings is 1. The van der Waals surface area contributed by atoms with Gasteiger partial charge in [0, 0.05) is 11.4 Å². The summed E-state index contributed by atoms with van der Waals surface area (Å²) < 4.78 is 5.16. The van der Waals surface area contributed by atoms with Crippen LogP contribution in [0.1, 0.15) is 11.3 Å². The number of nitrogens with zero attached hydrogens (tertiary/aromatic N) is 1. The number of rotatable bonds is 2. The first-order valence-corrected chi connectivity index (χ1v) is 5.13. The fourth-order valence-corrected chi connectivity index (χ4v) is 1.55. The molecule has 0 spiro atoms. The Morgan fingerprint density at radius 2 is 2.27 bits per heavy atom. The lowest BCUT2D eigenvalue weighted by molar-refractivity contribution is 0.427. The molecule has 0 amide bonds. The van der Waals surface area contributed by atoms with E-state index in [0.29, 0.717) is 23.0 Å². The van der Waals surface area contributed by atoms with Crippen molar-refractivity contribution in [3.63, 3.8) is 0 Å². The molecule has 0 fully saturated rings. The molecular weight excluding hydrogens is 212 g/mol. The van der Waals surface area contributed by atoms with Gasteiger partial charge in [0.05, 0.1) is 0 Å². The summed E-state index contributed by atoms with van der Waals surface area (Å²) in [5.41, 5.74) is 9.07. The fourth-order valence-electron chi connectivity index (χ4n) is 1.38. The molecule has 2 rings (SSSR count). The van der Waals surface area contributed by atoms with E-state index in [1.54, 1.807) is 0 Å². The van der Waals surface area contributed by atoms with E-state index in [1.807, 2.05) is 31.2 Å². The average molecular weight is 223 g/mol. The molecule has 0 aliphatic rings. The van der Waals surface area contributed by atoms with Crippen molar-refractivity contribution in [1.82, 2.24) is 5.16 Å². The van der Waals surface area contributed by atoms with Gasteiger partial charge in [0.15, 0.2) is 5.76 Å². The van der Waals surface area contributed by atoms with Gasteiger partial charge in [-0.25, -0.2) is 0 Å². The van der Waals surface area contributed by atoms with Crippen LogP contribution in [0.5, 0.6) is 0 Å². The third-order valence-electron chi connectivity index (χ3n) is 2.25. The molecule has 2 aromatic rings. The van der Waals surface area contributed by atoms with Gasteiger partial charge in [-0.3, -0.25) is 0 Å². The lowest BCUT2D eigenvalue weighted by Gasteiger charge is -2.00. The van der Waals surface area contributed by atoms with Gasteiger partial charge in [0.25, 0.3) is 0 Å². The number of aromatic nitrogens is 1. The molecule has 0 bridgehead atoms. The van der Waals surface area contributed by atoms with Crippen LogP contribution < -0.4 is 5.73 Å². The van der Waals surface area contributed by atoms with E-state index >= 15 is 0 Å². The highest BCUT2D eigenvalue weighted by Gasteiger charge is 2.11. The van der Waals surface area contributed by atoms with Crippen molar-refractivity contribution in [1.29, 1.82) is 0 Å². The van der Waals surface area contributed by atoms with Crippen molar-refractivity contribution in [2.75, 3.05) is 5.73 Å². The van der Waals surface area contributed by atoms with E-state index < -0.39 is 0 Å². The zero-order valence-corrected chi connectivity index (χ0v) is 9.08. The molecule has 0 unspecified atom stereocenters. The summed E-state index contributed by atoms with van der Waals surface area (Å²) in [6.07, 6.45) is 0. The van der Waals surface area contributed by atoms with Crippen LogP contribution in [-0.2, 0) is 5.88 Å². The second-order valence-electron chi connectivity index (χ2n) is 3.34. The van der Waals surface area contributed by atoms with E-state index in [2.05, 4.69) is 5.16 Å². The Labute approximate surface area is 92.8 Å². The molecular formula is C11H11ClN2O. The molecule has 0 aliphatic carbocycles. The summed E-state index contributed by atoms with van der Waals surface area (Å²) in [5, 5.41) is 3.82. The standard InChI is InChI=1S/C11H11ClN2O/c1-7-10(13)11(15-14-7)9-4-2-3-8(5-9)6-12/h2-5H,6,13H2,1H3. The van der Waals surface area contributed by atoms with Gasteiger partial charge in [0.1, 0.15) is 11.4 Å². The van der Waals surface area contributed by atoms with Crippen LogP contribution in [-0.4, -0.2) is 5.16 Å². The number of hydrogen-bond acceptors (Lipinski definition) is 3. The minimum Gasteiger partial charge on any atom is -0.394 e. The lowest BCUT2D eigenvalue weighted by atomic mass is 10.1. The number of halogens is 1. The molecule has 1 aromatic carbocycles. The number of alkyl halides is 1. The maximum atomic E-state index is 5.84. The molecule has 15 heavy (non-hydrogen) atoms. The van der Waals surface area contributed by atoms with Crippen molar-refractivity contribution in [3.05, 3.63) is 35.5 Å². The number of nitrogen functional groups attached to an aromatic ring is 1. The predicted molar refractivity (Wildman–Crippen MR) is 60.6 cm³/mol. The largest absolute Gasteiger partial charge is 0.394 e. The Morgan fingerprint density at radius 1 is 1.47 bits per heavy atom. The van der Waals surface area contributed by atoms with Crippen molar-refractivity contribution < 1.29 is 4.52 Å². The highest BCUT2D eigenvalue weighted by Crippen LogP contribution is 2.28. The Kier molecular flexibility index (Phi) is 2.64. The third-order valence-corrected chi connectivity index (χ3v) is 2.56. The molecule has 0 atom stereocenters. The topological polar surface area (TPSA) is 52.0 Å². The van der Waals surface area contributed by atoms with Crippen molar-refractivity contribution in [2.24, 2.45) is 0 Å². The van der Waals surface area contributed by atoms with Gasteiger partial charge >= 0.3 is 0 Å². The molecule has 4 heteroatoms. The first kappa shape index (κ1) is 10.1. The van der Waals surface area contributed by atoms with E-state index in [1.165, 1.54) is 0 Å². The van der Waals surface area contributed by atoms with Crippen LogP contribution in [0, 0.1) is 6.92 Å². The van der Waals surface area contributed by atoms with Gasteiger partial charge < -0.3 is 10.3 Å². The third kappa shape index (κ3) is 1.83. The predicted octanol–water partition coefficient (Wildman–Crippen LogP) is 2.97. The molecule has 1 aromatic heterocycles. The number of nitrogens with two attached hydrogens (primary N) is 1. The lowest BCUT2D eigenvalue weighted by Crippen LogP contribution is -1.88. The van der Waals surface area contributed by atoms with Crippen LogP contribution in [0.4, 0.5) is 5.69 Å². The van der Waals surface area contributed by atoms with Crippen LogP contribution in [0.2, 0.25) is 0 Å². The van der Waals surface area contributed by atoms with Crippen molar-refractivity contribution in [3.8, 4) is 11.3 Å². The molecule has 0 saturated carbocycles. The molecule has 2 N–H and O–H groups in total. The van der Waals surface area contributed by atoms with Crippen molar-refractivity contribution >= 4 is 17.3 Å². The van der Waals surface area contributed by atoms with Crippen LogP contribution >= 0.6 is 11.6 Å². The van der Waals surface area contributed by atoms with E-state index in [0.717, 1.165) is 11.1 Å². The van der Waals surface area contributed by atoms with Gasteiger partial charge in [0.2, 0.25) is 0 Å². The van der Waals surface area contributed by atoms with Gasteiger partial charge in [-0.1, -0.05) is 23.4 Å². The summed E-state index contributed by atoms with van der Waals surface area (Å²) in [7, 11) is 0. The average Bonchev–Trinajstić information content (AvgIpc) is 2.60. The van der Waals surface area contributed by atoms with E-state index in [4.69, 9.17) is 21.9 Å². The zero-order valence-electron chi connectivity index (χ0n) is 8.33. The number of aryl methyl sites for hydroxylation is 1. The summed E-state index contributed by atoms with van der Waals surface area (Å²) in [6.45, 7) is 1.81. The minimum absolute atomic E-state index is 0.473. The first-order valence-electron chi connectivity index (χ1n) is 4.59. The molecule has 1 heterocycles. The highest BCUT2D eigenvalue weighted by molar-refractivity contribution is 6.17. The summed E-state index contributed by atoms with van der Waals surface area (Å²) in [4.78, 5) is 0. The van der Waals surface area contributed by atoms with Crippen LogP contribution in [0.15, 0.2) is 28.8 Å². The first-order chi connectivity index (χ1) is 7.22. The maximum Gasteiger partial charge on any atom is 0.190 e. The highest BCUT2D eigenvalue weighted by atomic mass is 35.5. The van der Waals surface area contributed by atoms with Crippen molar-refractivity contribution in [2.45, 2.75) is 12.8 Å². The molecule has 3 nitrogen and oxygen atoms in total. The monoisotopic (exact) mass is 222 g/mol. The Morgan fingerprint density at radius 3 is 2.87 bits per heavy atom. The summed E-state index contributed by atoms with van der Waals surface area (Å²) in [6, 6.07) is 7.75. The fraction of sp³-hybridized carbons (Fsp3) is 0.182. The number of hydrogen-bond donors (Lipinski definition) is 1. The molecule has 78 valence electrons. The van der Waals surface area contributed by atoms with Crippen LogP contribution in [0.25, 0.3) is 11.3 Å². The van der Waals surface area contributed by atoms with Gasteiger partial charge in [-0.2, -0.15) is 0 Å². The second kappa shape index (κ2) is 3.95. The van der Waals surface area contributed by atoms with E-state index in [9.17, 15) is 0 Å². The second-order valence-corrected chi connectivity index (χ2v) is 3.61.